The number of aryl methyl sites for hydroxylation is 1. The molecular weight excluding hydrogens is 295 g/mol. The second kappa shape index (κ2) is 5.11. The highest BCUT2D eigenvalue weighted by atomic mass is 79.9. The van der Waals surface area contributed by atoms with E-state index in [1.54, 1.807) is 12.1 Å². The van der Waals surface area contributed by atoms with E-state index in [4.69, 9.17) is 4.74 Å². The van der Waals surface area contributed by atoms with Crippen LogP contribution in [0.2, 0.25) is 0 Å². The van der Waals surface area contributed by atoms with Crippen LogP contribution in [0.5, 0.6) is 5.75 Å². The van der Waals surface area contributed by atoms with Crippen LogP contribution in [0, 0.1) is 19.7 Å². The number of ether oxygens (including phenoxy) is 1. The fourth-order valence-corrected chi connectivity index (χ4v) is 2.44. The average Bonchev–Trinajstić information content (AvgIpc) is 2.34. The Labute approximate surface area is 115 Å². The molecule has 0 aliphatic carbocycles. The molecule has 0 aromatic heterocycles. The van der Waals surface area contributed by atoms with E-state index in [-0.39, 0.29) is 11.6 Å². The van der Waals surface area contributed by atoms with Crippen LogP contribution in [0.1, 0.15) is 11.1 Å². The lowest BCUT2D eigenvalue weighted by molar-refractivity contribution is 0.384. The van der Waals surface area contributed by atoms with Crippen molar-refractivity contribution in [3.05, 3.63) is 51.7 Å². The molecule has 2 rings (SSSR count). The van der Waals surface area contributed by atoms with Gasteiger partial charge in [-0.2, -0.15) is 0 Å². The Balaban J connectivity index is 2.69. The smallest absolute Gasteiger partial charge is 0.174 e. The molecule has 94 valence electrons. The largest absolute Gasteiger partial charge is 0.492 e. The van der Waals surface area contributed by atoms with Gasteiger partial charge >= 0.3 is 0 Å². The van der Waals surface area contributed by atoms with Gasteiger partial charge in [0.05, 0.1) is 11.6 Å². The number of benzene rings is 2. The second-order valence-corrected chi connectivity index (χ2v) is 5.04. The molecule has 1 nitrogen and oxygen atoms in total. The second-order valence-electron chi connectivity index (χ2n) is 4.19. The third-order valence-electron chi connectivity index (χ3n) is 3.15. The fourth-order valence-electron chi connectivity index (χ4n) is 1.97. The lowest BCUT2D eigenvalue weighted by Crippen LogP contribution is -1.95. The maximum atomic E-state index is 14.4. The van der Waals surface area contributed by atoms with E-state index in [9.17, 15) is 4.39 Å². The summed E-state index contributed by atoms with van der Waals surface area (Å²) in [6.45, 7) is 4.02. The quantitative estimate of drug-likeness (QED) is 0.768. The van der Waals surface area contributed by atoms with E-state index in [1.165, 1.54) is 7.11 Å². The highest BCUT2D eigenvalue weighted by Gasteiger charge is 2.15. The number of hydrogen-bond donors (Lipinski definition) is 0. The Kier molecular flexibility index (Phi) is 3.71. The molecule has 0 aliphatic rings. The van der Waals surface area contributed by atoms with Crippen molar-refractivity contribution in [2.75, 3.05) is 7.11 Å². The van der Waals surface area contributed by atoms with Crippen LogP contribution >= 0.6 is 15.9 Å². The standard InChI is InChI=1S/C15H14BrFO/c1-9-5-4-6-11(10(9)2)12-7-8-13(16)15(18-3)14(12)17/h4-8H,1-3H3. The molecule has 0 atom stereocenters. The predicted octanol–water partition coefficient (Wildman–Crippen LogP) is 4.88. The third-order valence-corrected chi connectivity index (χ3v) is 3.77. The van der Waals surface area contributed by atoms with E-state index in [1.807, 2.05) is 32.0 Å². The van der Waals surface area contributed by atoms with Crippen molar-refractivity contribution in [1.82, 2.24) is 0 Å². The first kappa shape index (κ1) is 13.1. The first-order valence-electron chi connectivity index (χ1n) is 5.65. The van der Waals surface area contributed by atoms with Gasteiger partial charge in [-0.3, -0.25) is 0 Å². The van der Waals surface area contributed by atoms with Gasteiger partial charge in [0, 0.05) is 5.56 Å². The zero-order valence-electron chi connectivity index (χ0n) is 10.6. The SMILES string of the molecule is COc1c(Br)ccc(-c2cccc(C)c2C)c1F. The summed E-state index contributed by atoms with van der Waals surface area (Å²) in [5.74, 6) is -0.0889. The Hall–Kier alpha value is -1.35. The van der Waals surface area contributed by atoms with Crippen LogP contribution in [0.4, 0.5) is 4.39 Å². The monoisotopic (exact) mass is 308 g/mol. The van der Waals surface area contributed by atoms with Crippen molar-refractivity contribution in [1.29, 1.82) is 0 Å². The van der Waals surface area contributed by atoms with Crippen molar-refractivity contribution in [2.45, 2.75) is 13.8 Å². The Morgan fingerprint density at radius 1 is 1.06 bits per heavy atom. The lowest BCUT2D eigenvalue weighted by atomic mass is 9.96. The topological polar surface area (TPSA) is 9.23 Å². The molecule has 0 heterocycles. The van der Waals surface area contributed by atoms with Crippen molar-refractivity contribution in [3.8, 4) is 16.9 Å². The Morgan fingerprint density at radius 2 is 1.78 bits per heavy atom. The van der Waals surface area contributed by atoms with Gasteiger partial charge in [-0.25, -0.2) is 4.39 Å². The lowest BCUT2D eigenvalue weighted by Gasteiger charge is -2.12. The van der Waals surface area contributed by atoms with Gasteiger partial charge in [-0.15, -0.1) is 0 Å². The number of rotatable bonds is 2. The van der Waals surface area contributed by atoms with Crippen molar-refractivity contribution in [3.63, 3.8) is 0 Å². The highest BCUT2D eigenvalue weighted by molar-refractivity contribution is 9.10. The van der Waals surface area contributed by atoms with Gasteiger partial charge < -0.3 is 4.74 Å². The molecule has 0 saturated carbocycles. The molecule has 0 bridgehead atoms. The fraction of sp³-hybridized carbons (Fsp3) is 0.200. The van der Waals surface area contributed by atoms with Crippen LogP contribution in [-0.2, 0) is 0 Å². The number of methoxy groups -OCH3 is 1. The zero-order chi connectivity index (χ0) is 13.3. The number of hydrogen-bond acceptors (Lipinski definition) is 1. The minimum absolute atomic E-state index is 0.244. The van der Waals surface area contributed by atoms with E-state index < -0.39 is 0 Å². The molecule has 2 aromatic rings. The summed E-state index contributed by atoms with van der Waals surface area (Å²) in [5.41, 5.74) is 3.70. The summed E-state index contributed by atoms with van der Waals surface area (Å²) < 4.78 is 20.1. The average molecular weight is 309 g/mol. The molecule has 0 saturated heterocycles. The highest BCUT2D eigenvalue weighted by Crippen LogP contribution is 2.36. The minimum atomic E-state index is -0.333. The maximum Gasteiger partial charge on any atom is 0.174 e. The van der Waals surface area contributed by atoms with E-state index in [0.717, 1.165) is 16.7 Å². The van der Waals surface area contributed by atoms with Crippen LogP contribution in [0.15, 0.2) is 34.8 Å². The Bertz CT molecular complexity index is 593. The van der Waals surface area contributed by atoms with Crippen LogP contribution in [0.25, 0.3) is 11.1 Å². The molecule has 0 fully saturated rings. The Morgan fingerprint density at radius 3 is 2.44 bits per heavy atom. The maximum absolute atomic E-state index is 14.4. The zero-order valence-corrected chi connectivity index (χ0v) is 12.1. The summed E-state index contributed by atoms with van der Waals surface area (Å²) >= 11 is 3.28. The van der Waals surface area contributed by atoms with Crippen LogP contribution in [0.3, 0.4) is 0 Å². The van der Waals surface area contributed by atoms with E-state index in [0.29, 0.717) is 10.0 Å². The minimum Gasteiger partial charge on any atom is -0.492 e. The molecule has 0 unspecified atom stereocenters. The van der Waals surface area contributed by atoms with Crippen LogP contribution in [-0.4, -0.2) is 7.11 Å². The molecule has 0 aliphatic heterocycles. The van der Waals surface area contributed by atoms with Crippen molar-refractivity contribution < 1.29 is 9.13 Å². The molecule has 0 radical (unpaired) electrons. The van der Waals surface area contributed by atoms with Gasteiger partial charge in [0.15, 0.2) is 11.6 Å². The molecule has 3 heteroatoms. The summed E-state index contributed by atoms with van der Waals surface area (Å²) in [7, 11) is 1.47. The summed E-state index contributed by atoms with van der Waals surface area (Å²) in [6, 6.07) is 9.45. The first-order valence-corrected chi connectivity index (χ1v) is 6.44. The number of halogens is 2. The molecule has 0 N–H and O–H groups in total. The van der Waals surface area contributed by atoms with Gasteiger partial charge in [0.1, 0.15) is 0 Å². The summed E-state index contributed by atoms with van der Waals surface area (Å²) in [6.07, 6.45) is 0. The van der Waals surface area contributed by atoms with Gasteiger partial charge in [0.25, 0.3) is 0 Å². The molecule has 2 aromatic carbocycles. The molecule has 0 spiro atoms. The van der Waals surface area contributed by atoms with Gasteiger partial charge in [-0.05, 0) is 52.5 Å². The van der Waals surface area contributed by atoms with Gasteiger partial charge in [0.2, 0.25) is 0 Å². The predicted molar refractivity (Wildman–Crippen MR) is 75.6 cm³/mol. The summed E-state index contributed by atoms with van der Waals surface area (Å²) in [4.78, 5) is 0. The van der Waals surface area contributed by atoms with E-state index in [2.05, 4.69) is 15.9 Å². The van der Waals surface area contributed by atoms with Crippen LogP contribution < -0.4 is 4.74 Å². The molecular formula is C15H14BrFO. The summed E-state index contributed by atoms with van der Waals surface area (Å²) in [5, 5.41) is 0. The normalized spacial score (nSPS) is 10.5. The first-order chi connectivity index (χ1) is 8.56. The molecule has 18 heavy (non-hydrogen) atoms. The van der Waals surface area contributed by atoms with E-state index >= 15 is 0 Å². The van der Waals surface area contributed by atoms with Crippen molar-refractivity contribution in [2.24, 2.45) is 0 Å². The third kappa shape index (κ3) is 2.15. The van der Waals surface area contributed by atoms with Gasteiger partial charge in [-0.1, -0.05) is 24.3 Å². The molecule has 0 amide bonds. The van der Waals surface area contributed by atoms with Crippen molar-refractivity contribution >= 4 is 15.9 Å².